The van der Waals surface area contributed by atoms with Crippen molar-refractivity contribution in [3.05, 3.63) is 60.0 Å². The summed E-state index contributed by atoms with van der Waals surface area (Å²) in [7, 11) is 0. The maximum Gasteiger partial charge on any atom is 0.227 e. The highest BCUT2D eigenvalue weighted by Crippen LogP contribution is 2.26. The summed E-state index contributed by atoms with van der Waals surface area (Å²) in [6, 6.07) is 11.2. The van der Waals surface area contributed by atoms with Gasteiger partial charge in [-0.25, -0.2) is 9.97 Å². The molecule has 0 unspecified atom stereocenters. The summed E-state index contributed by atoms with van der Waals surface area (Å²) in [5, 5.41) is 7.17. The zero-order chi connectivity index (χ0) is 17.5. The van der Waals surface area contributed by atoms with E-state index in [0.717, 1.165) is 35.6 Å². The lowest BCUT2D eigenvalue weighted by Crippen LogP contribution is -2.09. The van der Waals surface area contributed by atoms with Gasteiger partial charge in [0.25, 0.3) is 0 Å². The highest BCUT2D eigenvalue weighted by molar-refractivity contribution is 6.30. The number of rotatable bonds is 7. The van der Waals surface area contributed by atoms with Gasteiger partial charge in [0, 0.05) is 35.2 Å². The molecule has 0 atom stereocenters. The van der Waals surface area contributed by atoms with Gasteiger partial charge in [-0.3, -0.25) is 4.98 Å². The largest absolute Gasteiger partial charge is 0.383 e. The molecule has 0 aliphatic carbocycles. The third-order valence-electron chi connectivity index (χ3n) is 3.53. The van der Waals surface area contributed by atoms with Crippen LogP contribution in [-0.4, -0.2) is 28.0 Å². The number of nitrogens with two attached hydrogens (primary N) is 1. The third kappa shape index (κ3) is 4.65. The second-order valence-corrected chi connectivity index (χ2v) is 5.83. The Hall–Kier alpha value is -2.70. The number of halogens is 1. The Morgan fingerprint density at radius 3 is 2.88 bits per heavy atom. The Morgan fingerprint density at radius 2 is 2.04 bits per heavy atom. The Bertz CT molecular complexity index is 839. The molecule has 0 fully saturated rings. The summed E-state index contributed by atoms with van der Waals surface area (Å²) >= 11 is 6.01. The lowest BCUT2D eigenvalue weighted by molar-refractivity contribution is 0.874. The van der Waals surface area contributed by atoms with Gasteiger partial charge in [-0.1, -0.05) is 17.7 Å². The van der Waals surface area contributed by atoms with Crippen LogP contribution in [-0.2, 0) is 0 Å². The van der Waals surface area contributed by atoms with Crippen molar-refractivity contribution in [1.82, 2.24) is 15.0 Å². The van der Waals surface area contributed by atoms with Gasteiger partial charge in [0.05, 0.1) is 17.6 Å². The minimum absolute atomic E-state index is 0.504. The lowest BCUT2D eigenvalue weighted by atomic mass is 10.1. The van der Waals surface area contributed by atoms with Gasteiger partial charge >= 0.3 is 0 Å². The maximum atomic E-state index is 6.01. The van der Waals surface area contributed by atoms with E-state index < -0.39 is 0 Å². The molecule has 0 aliphatic rings. The topological polar surface area (TPSA) is 88.8 Å². The van der Waals surface area contributed by atoms with Crippen LogP contribution in [0.1, 0.15) is 6.42 Å². The van der Waals surface area contributed by atoms with E-state index in [1.54, 1.807) is 18.6 Å². The molecule has 0 spiro atoms. The Labute approximate surface area is 151 Å². The molecule has 25 heavy (non-hydrogen) atoms. The van der Waals surface area contributed by atoms with Crippen LogP contribution >= 0.6 is 11.6 Å². The second kappa shape index (κ2) is 8.41. The van der Waals surface area contributed by atoms with Crippen LogP contribution in [0.15, 0.2) is 55.0 Å². The number of anilines is 3. The highest BCUT2D eigenvalue weighted by Gasteiger charge is 2.08. The van der Waals surface area contributed by atoms with Gasteiger partial charge in [-0.05, 0) is 43.3 Å². The van der Waals surface area contributed by atoms with Crippen LogP contribution in [0.25, 0.3) is 11.3 Å². The number of nitrogens with zero attached hydrogens (tertiary/aromatic N) is 3. The Morgan fingerprint density at radius 1 is 1.12 bits per heavy atom. The van der Waals surface area contributed by atoms with Crippen LogP contribution in [0.5, 0.6) is 0 Å². The number of nitrogens with one attached hydrogen (secondary N) is 2. The van der Waals surface area contributed by atoms with Gasteiger partial charge in [0.2, 0.25) is 5.95 Å². The van der Waals surface area contributed by atoms with E-state index in [-0.39, 0.29) is 0 Å². The third-order valence-corrected chi connectivity index (χ3v) is 3.76. The molecule has 0 amide bonds. The summed E-state index contributed by atoms with van der Waals surface area (Å²) < 4.78 is 0. The van der Waals surface area contributed by atoms with E-state index in [9.17, 15) is 0 Å². The van der Waals surface area contributed by atoms with E-state index in [1.807, 2.05) is 36.4 Å². The van der Waals surface area contributed by atoms with Crippen molar-refractivity contribution >= 4 is 28.9 Å². The normalized spacial score (nSPS) is 10.5. The van der Waals surface area contributed by atoms with Crippen molar-refractivity contribution in [2.45, 2.75) is 6.42 Å². The minimum Gasteiger partial charge on any atom is -0.383 e. The van der Waals surface area contributed by atoms with E-state index in [1.165, 1.54) is 0 Å². The van der Waals surface area contributed by atoms with Gasteiger partial charge in [0.1, 0.15) is 0 Å². The number of benzene rings is 1. The predicted octanol–water partition coefficient (Wildman–Crippen LogP) is 3.70. The first-order valence-corrected chi connectivity index (χ1v) is 8.38. The summed E-state index contributed by atoms with van der Waals surface area (Å²) in [6.45, 7) is 1.43. The van der Waals surface area contributed by atoms with Crippen LogP contribution in [0.4, 0.5) is 17.3 Å². The first-order chi connectivity index (χ1) is 12.3. The lowest BCUT2D eigenvalue weighted by Gasteiger charge is -2.12. The quantitative estimate of drug-likeness (QED) is 0.561. The molecule has 0 saturated carbocycles. The molecule has 2 heterocycles. The molecule has 4 N–H and O–H groups in total. The van der Waals surface area contributed by atoms with Crippen LogP contribution in [0.3, 0.4) is 0 Å². The van der Waals surface area contributed by atoms with Crippen LogP contribution in [0, 0.1) is 0 Å². The van der Waals surface area contributed by atoms with Gasteiger partial charge in [-0.2, -0.15) is 0 Å². The van der Waals surface area contributed by atoms with E-state index in [4.69, 9.17) is 17.3 Å². The van der Waals surface area contributed by atoms with Crippen molar-refractivity contribution in [3.63, 3.8) is 0 Å². The number of hydrogen-bond acceptors (Lipinski definition) is 6. The average Bonchev–Trinajstić information content (AvgIpc) is 2.63. The molecule has 128 valence electrons. The summed E-state index contributed by atoms with van der Waals surface area (Å²) in [5.41, 5.74) is 9.07. The Kier molecular flexibility index (Phi) is 5.77. The second-order valence-electron chi connectivity index (χ2n) is 5.39. The zero-order valence-electron chi connectivity index (χ0n) is 13.6. The molecule has 3 aromatic rings. The van der Waals surface area contributed by atoms with E-state index >= 15 is 0 Å². The molecule has 1 aromatic carbocycles. The summed E-state index contributed by atoms with van der Waals surface area (Å²) in [6.07, 6.45) is 6.15. The molecular weight excluding hydrogens is 336 g/mol. The van der Waals surface area contributed by atoms with E-state index in [2.05, 4.69) is 25.6 Å². The van der Waals surface area contributed by atoms with Crippen molar-refractivity contribution < 1.29 is 0 Å². The fourth-order valence-electron chi connectivity index (χ4n) is 2.35. The fraction of sp³-hybridized carbons (Fsp3) is 0.167. The molecular formula is C18H19ClN6. The van der Waals surface area contributed by atoms with Crippen molar-refractivity contribution in [3.8, 4) is 11.3 Å². The fourth-order valence-corrected chi connectivity index (χ4v) is 2.54. The standard InChI is InChI=1S/C18H19ClN6/c19-13-3-1-4-14(11-13)24-18-23-10-6-16(25-18)15-5-9-21-12-17(15)22-8-2-7-20/h1,3-6,9-12,22H,2,7-8,20H2,(H,23,24,25). The van der Waals surface area contributed by atoms with Gasteiger partial charge in [-0.15, -0.1) is 0 Å². The molecule has 0 radical (unpaired) electrons. The molecule has 0 aliphatic heterocycles. The summed E-state index contributed by atoms with van der Waals surface area (Å²) in [5.74, 6) is 0.504. The first-order valence-electron chi connectivity index (χ1n) is 8.00. The molecule has 2 aromatic heterocycles. The van der Waals surface area contributed by atoms with Crippen molar-refractivity contribution in [2.75, 3.05) is 23.7 Å². The highest BCUT2D eigenvalue weighted by atomic mass is 35.5. The molecule has 0 saturated heterocycles. The molecule has 3 rings (SSSR count). The average molecular weight is 355 g/mol. The zero-order valence-corrected chi connectivity index (χ0v) is 14.4. The van der Waals surface area contributed by atoms with Crippen molar-refractivity contribution in [2.24, 2.45) is 5.73 Å². The smallest absolute Gasteiger partial charge is 0.227 e. The van der Waals surface area contributed by atoms with Gasteiger partial charge < -0.3 is 16.4 Å². The molecule has 6 nitrogen and oxygen atoms in total. The number of hydrogen-bond donors (Lipinski definition) is 3. The van der Waals surface area contributed by atoms with E-state index in [0.29, 0.717) is 17.5 Å². The SMILES string of the molecule is NCCCNc1cnccc1-c1ccnc(Nc2cccc(Cl)c2)n1. The monoisotopic (exact) mass is 354 g/mol. The predicted molar refractivity (Wildman–Crippen MR) is 102 cm³/mol. The summed E-state index contributed by atoms with van der Waals surface area (Å²) in [4.78, 5) is 13.1. The number of aromatic nitrogens is 3. The van der Waals surface area contributed by atoms with Crippen LogP contribution in [0.2, 0.25) is 5.02 Å². The van der Waals surface area contributed by atoms with Gasteiger partial charge in [0.15, 0.2) is 0 Å². The van der Waals surface area contributed by atoms with Crippen LogP contribution < -0.4 is 16.4 Å². The number of pyridine rings is 1. The molecule has 0 bridgehead atoms. The first kappa shape index (κ1) is 17.1. The molecule has 7 heteroatoms. The maximum absolute atomic E-state index is 6.01. The Balaban J connectivity index is 1.84. The van der Waals surface area contributed by atoms with Crippen molar-refractivity contribution in [1.29, 1.82) is 0 Å². The minimum atomic E-state index is 0.504.